The third-order valence-corrected chi connectivity index (χ3v) is 5.95. The summed E-state index contributed by atoms with van der Waals surface area (Å²) in [6.07, 6.45) is 1.85. The smallest absolute Gasteiger partial charge is 0.264 e. The van der Waals surface area contributed by atoms with E-state index >= 15 is 0 Å². The zero-order valence-electron chi connectivity index (χ0n) is 15.5. The second kappa shape index (κ2) is 8.87. The van der Waals surface area contributed by atoms with Crippen LogP contribution in [0.25, 0.3) is 0 Å². The van der Waals surface area contributed by atoms with Gasteiger partial charge in [0.2, 0.25) is 5.91 Å². The highest BCUT2D eigenvalue weighted by Crippen LogP contribution is 2.24. The molecule has 1 aliphatic heterocycles. The lowest BCUT2D eigenvalue weighted by Crippen LogP contribution is -2.42. The van der Waals surface area contributed by atoms with Crippen LogP contribution in [0.15, 0.2) is 30.3 Å². The van der Waals surface area contributed by atoms with E-state index in [0.717, 1.165) is 29.7 Å². The summed E-state index contributed by atoms with van der Waals surface area (Å²) >= 11 is 7.19. The lowest BCUT2D eigenvalue weighted by Gasteiger charge is -2.24. The summed E-state index contributed by atoms with van der Waals surface area (Å²) < 4.78 is 6.21. The number of nitrogens with one attached hydrogen (secondary N) is 1. The van der Waals surface area contributed by atoms with Crippen LogP contribution in [0.1, 0.15) is 33.6 Å². The molecule has 1 N–H and O–H groups in total. The van der Waals surface area contributed by atoms with Crippen molar-refractivity contribution in [3.63, 3.8) is 0 Å². The molecule has 0 radical (unpaired) electrons. The first-order valence-electron chi connectivity index (χ1n) is 8.96. The van der Waals surface area contributed by atoms with Gasteiger partial charge < -0.3 is 15.0 Å². The number of rotatable bonds is 6. The highest BCUT2D eigenvalue weighted by Gasteiger charge is 2.26. The van der Waals surface area contributed by atoms with Crippen molar-refractivity contribution in [1.82, 2.24) is 4.90 Å². The van der Waals surface area contributed by atoms with E-state index in [1.807, 2.05) is 32.0 Å². The van der Waals surface area contributed by atoms with Gasteiger partial charge in [-0.2, -0.15) is 0 Å². The van der Waals surface area contributed by atoms with E-state index in [0.29, 0.717) is 22.4 Å². The van der Waals surface area contributed by atoms with Gasteiger partial charge in [-0.15, -0.1) is 11.3 Å². The number of benzene rings is 1. The Bertz CT molecular complexity index is 830. The van der Waals surface area contributed by atoms with Crippen molar-refractivity contribution in [1.29, 1.82) is 0 Å². The molecule has 2 amide bonds. The number of hydrogen-bond donors (Lipinski definition) is 1. The number of ether oxygens (including phenoxy) is 1. The number of thiophene rings is 1. The Morgan fingerprint density at radius 2 is 2.11 bits per heavy atom. The summed E-state index contributed by atoms with van der Waals surface area (Å²) in [5.74, 6) is -0.420. The predicted molar refractivity (Wildman–Crippen MR) is 109 cm³/mol. The lowest BCUT2D eigenvalue weighted by molar-refractivity contribution is -0.117. The van der Waals surface area contributed by atoms with E-state index in [-0.39, 0.29) is 24.5 Å². The van der Waals surface area contributed by atoms with Gasteiger partial charge in [0.25, 0.3) is 5.91 Å². The Labute approximate surface area is 168 Å². The van der Waals surface area contributed by atoms with E-state index in [9.17, 15) is 9.59 Å². The monoisotopic (exact) mass is 406 g/mol. The van der Waals surface area contributed by atoms with E-state index in [4.69, 9.17) is 16.3 Å². The molecule has 27 heavy (non-hydrogen) atoms. The van der Waals surface area contributed by atoms with Gasteiger partial charge in [-0.1, -0.05) is 23.7 Å². The average Bonchev–Trinajstić information content (AvgIpc) is 3.29. The maximum absolute atomic E-state index is 12.9. The summed E-state index contributed by atoms with van der Waals surface area (Å²) in [5, 5.41) is 2.92. The maximum Gasteiger partial charge on any atom is 0.264 e. The van der Waals surface area contributed by atoms with E-state index in [2.05, 4.69) is 5.32 Å². The summed E-state index contributed by atoms with van der Waals surface area (Å²) in [6, 6.07) is 9.16. The molecule has 3 rings (SSSR count). The van der Waals surface area contributed by atoms with Gasteiger partial charge in [0.05, 0.1) is 15.3 Å². The molecule has 1 aliphatic rings. The molecule has 0 spiro atoms. The molecular formula is C20H23ClN2O3S. The van der Waals surface area contributed by atoms with E-state index < -0.39 is 0 Å². The number of nitrogens with zero attached hydrogens (tertiary/aromatic N) is 1. The second-order valence-corrected chi connectivity index (χ2v) is 8.44. The molecule has 2 heterocycles. The third kappa shape index (κ3) is 5.09. The van der Waals surface area contributed by atoms with Gasteiger partial charge in [0, 0.05) is 18.8 Å². The van der Waals surface area contributed by atoms with Crippen molar-refractivity contribution in [2.45, 2.75) is 32.8 Å². The first-order valence-corrected chi connectivity index (χ1v) is 10.2. The zero-order valence-corrected chi connectivity index (χ0v) is 17.0. The molecule has 5 nitrogen and oxygen atoms in total. The van der Waals surface area contributed by atoms with Crippen LogP contribution in [0.4, 0.5) is 5.69 Å². The number of anilines is 1. The molecule has 1 fully saturated rings. The van der Waals surface area contributed by atoms with Crippen molar-refractivity contribution in [2.75, 3.05) is 25.0 Å². The summed E-state index contributed by atoms with van der Waals surface area (Å²) in [4.78, 5) is 27.6. The number of carbonyl (C=O) groups excluding carboxylic acids is 2. The van der Waals surface area contributed by atoms with E-state index in [1.165, 1.54) is 11.3 Å². The first-order chi connectivity index (χ1) is 12.9. The molecular weight excluding hydrogens is 384 g/mol. The minimum Gasteiger partial charge on any atom is -0.376 e. The number of halogens is 1. The molecule has 7 heteroatoms. The van der Waals surface area contributed by atoms with Crippen molar-refractivity contribution >= 4 is 40.4 Å². The van der Waals surface area contributed by atoms with Gasteiger partial charge in [0.1, 0.15) is 6.54 Å². The largest absolute Gasteiger partial charge is 0.376 e. The molecule has 2 aromatic rings. The zero-order chi connectivity index (χ0) is 19.4. The summed E-state index contributed by atoms with van der Waals surface area (Å²) in [6.45, 7) is 5.04. The Morgan fingerprint density at radius 1 is 1.30 bits per heavy atom. The van der Waals surface area contributed by atoms with Crippen molar-refractivity contribution < 1.29 is 14.3 Å². The molecule has 1 atom stereocenters. The second-order valence-electron chi connectivity index (χ2n) is 6.72. The lowest BCUT2D eigenvalue weighted by atomic mass is 10.1. The summed E-state index contributed by atoms with van der Waals surface area (Å²) in [5.41, 5.74) is 2.89. The minimum absolute atomic E-state index is 0.0262. The maximum atomic E-state index is 12.9. The van der Waals surface area contributed by atoms with Crippen LogP contribution in [0.3, 0.4) is 0 Å². The molecule has 0 bridgehead atoms. The minimum atomic E-state index is -0.224. The topological polar surface area (TPSA) is 58.6 Å². The van der Waals surface area contributed by atoms with Gasteiger partial charge in [-0.25, -0.2) is 0 Å². The van der Waals surface area contributed by atoms with Gasteiger partial charge in [-0.3, -0.25) is 9.59 Å². The highest BCUT2D eigenvalue weighted by molar-refractivity contribution is 7.17. The molecule has 1 aromatic carbocycles. The van der Waals surface area contributed by atoms with Crippen LogP contribution in [-0.4, -0.2) is 42.5 Å². The Balaban J connectivity index is 1.72. The third-order valence-electron chi connectivity index (χ3n) is 4.73. The molecule has 0 aliphatic carbocycles. The quantitative estimate of drug-likeness (QED) is 0.778. The molecule has 1 aromatic heterocycles. The summed E-state index contributed by atoms with van der Waals surface area (Å²) in [7, 11) is 0. The standard InChI is InChI=1S/C20H23ClN2O3S/c1-13-5-3-7-16(14(13)2)22-19(24)12-23(11-15-6-4-10-26-15)20(25)17-8-9-18(21)27-17/h3,5,7-9,15H,4,6,10-12H2,1-2H3,(H,22,24)/t15-/m0/s1. The average molecular weight is 407 g/mol. The fourth-order valence-corrected chi connectivity index (χ4v) is 4.10. The van der Waals surface area contributed by atoms with Crippen LogP contribution in [0.2, 0.25) is 4.34 Å². The number of amides is 2. The van der Waals surface area contributed by atoms with E-state index in [1.54, 1.807) is 17.0 Å². The molecule has 144 valence electrons. The SMILES string of the molecule is Cc1cccc(NC(=O)CN(C[C@@H]2CCCO2)C(=O)c2ccc(Cl)s2)c1C. The van der Waals surface area contributed by atoms with Gasteiger partial charge in [-0.05, 0) is 56.0 Å². The molecule has 0 saturated carbocycles. The van der Waals surface area contributed by atoms with Crippen LogP contribution >= 0.6 is 22.9 Å². The van der Waals surface area contributed by atoms with Crippen LogP contribution in [0.5, 0.6) is 0 Å². The molecule has 0 unspecified atom stereocenters. The van der Waals surface area contributed by atoms with Crippen molar-refractivity contribution in [3.05, 3.63) is 50.7 Å². The molecule has 1 saturated heterocycles. The van der Waals surface area contributed by atoms with Crippen LogP contribution < -0.4 is 5.32 Å². The number of hydrogen-bond acceptors (Lipinski definition) is 4. The van der Waals surface area contributed by atoms with Crippen molar-refractivity contribution in [2.24, 2.45) is 0 Å². The van der Waals surface area contributed by atoms with Crippen LogP contribution in [-0.2, 0) is 9.53 Å². The normalized spacial score (nSPS) is 16.3. The van der Waals surface area contributed by atoms with Crippen LogP contribution in [0, 0.1) is 13.8 Å². The highest BCUT2D eigenvalue weighted by atomic mass is 35.5. The Kier molecular flexibility index (Phi) is 6.52. The fourth-order valence-electron chi connectivity index (χ4n) is 3.09. The number of carbonyl (C=O) groups is 2. The van der Waals surface area contributed by atoms with Gasteiger partial charge >= 0.3 is 0 Å². The predicted octanol–water partition coefficient (Wildman–Crippen LogP) is 4.28. The Hall–Kier alpha value is -1.89. The van der Waals surface area contributed by atoms with Gasteiger partial charge in [0.15, 0.2) is 0 Å². The fraction of sp³-hybridized carbons (Fsp3) is 0.400. The van der Waals surface area contributed by atoms with Crippen molar-refractivity contribution in [3.8, 4) is 0 Å². The number of aryl methyl sites for hydroxylation is 1. The Morgan fingerprint density at radius 3 is 2.78 bits per heavy atom. The first kappa shape index (κ1) is 19.9.